The van der Waals surface area contributed by atoms with Gasteiger partial charge in [-0.3, -0.25) is 14.2 Å². The summed E-state index contributed by atoms with van der Waals surface area (Å²) in [5, 5.41) is 1.15. The number of carbonyl (C=O) groups is 2. The van der Waals surface area contributed by atoms with E-state index < -0.39 is 0 Å². The van der Waals surface area contributed by atoms with E-state index in [0.717, 1.165) is 6.42 Å². The van der Waals surface area contributed by atoms with Gasteiger partial charge in [-0.1, -0.05) is 30.8 Å². The molecule has 1 saturated heterocycles. The Morgan fingerprint density at radius 2 is 1.79 bits per heavy atom. The predicted octanol–water partition coefficient (Wildman–Crippen LogP) is 2.20. The van der Waals surface area contributed by atoms with Crippen molar-refractivity contribution >= 4 is 34.7 Å². The van der Waals surface area contributed by atoms with E-state index in [1.807, 2.05) is 25.1 Å². The molecule has 1 fully saturated rings. The van der Waals surface area contributed by atoms with Gasteiger partial charge in [0.1, 0.15) is 0 Å². The van der Waals surface area contributed by atoms with Crippen molar-refractivity contribution in [1.29, 1.82) is 0 Å². The second kappa shape index (κ2) is 9.78. The second-order valence-corrected chi connectivity index (χ2v) is 7.67. The number of rotatable bonds is 6. The Labute approximate surface area is 173 Å². The molecule has 3 rings (SSSR count). The third-order valence-electron chi connectivity index (χ3n) is 4.76. The highest BCUT2D eigenvalue weighted by atomic mass is 32.2. The predicted molar refractivity (Wildman–Crippen MR) is 112 cm³/mol. The largest absolute Gasteiger partial charge is 0.450 e. The minimum atomic E-state index is -0.335. The Hall–Kier alpha value is -2.55. The third kappa shape index (κ3) is 4.90. The van der Waals surface area contributed by atoms with Crippen LogP contribution < -0.4 is 5.56 Å². The average Bonchev–Trinajstić information content (AvgIpc) is 2.74. The summed E-state index contributed by atoms with van der Waals surface area (Å²) in [6, 6.07) is 7.27. The van der Waals surface area contributed by atoms with Crippen LogP contribution in [0.4, 0.5) is 4.79 Å². The van der Waals surface area contributed by atoms with E-state index in [2.05, 4.69) is 4.98 Å². The molecule has 29 heavy (non-hydrogen) atoms. The Bertz CT molecular complexity index is 938. The molecule has 0 aliphatic carbocycles. The molecule has 8 nitrogen and oxygen atoms in total. The van der Waals surface area contributed by atoms with Gasteiger partial charge >= 0.3 is 6.09 Å². The molecule has 2 amide bonds. The van der Waals surface area contributed by atoms with E-state index >= 15 is 0 Å². The maximum absolute atomic E-state index is 12.8. The molecule has 0 unspecified atom stereocenters. The molecule has 0 spiro atoms. The summed E-state index contributed by atoms with van der Waals surface area (Å²) in [6.45, 7) is 6.56. The number of hydrogen-bond donors (Lipinski definition) is 0. The first-order valence-corrected chi connectivity index (χ1v) is 10.9. The first-order chi connectivity index (χ1) is 14.0. The van der Waals surface area contributed by atoms with E-state index in [1.54, 1.807) is 27.4 Å². The van der Waals surface area contributed by atoms with E-state index in [9.17, 15) is 14.4 Å². The van der Waals surface area contributed by atoms with Crippen LogP contribution in [-0.4, -0.2) is 69.9 Å². The number of carbonyl (C=O) groups excluding carboxylic acids is 2. The number of para-hydroxylation sites is 1. The van der Waals surface area contributed by atoms with Gasteiger partial charge in [-0.25, -0.2) is 9.78 Å². The summed E-state index contributed by atoms with van der Waals surface area (Å²) in [5.41, 5.74) is 0.568. The summed E-state index contributed by atoms with van der Waals surface area (Å²) in [6.07, 6.45) is 0.468. The minimum absolute atomic E-state index is 0.0241. The zero-order valence-electron chi connectivity index (χ0n) is 16.8. The number of thioether (sulfide) groups is 1. The molecule has 1 aromatic heterocycles. The zero-order chi connectivity index (χ0) is 20.8. The zero-order valence-corrected chi connectivity index (χ0v) is 17.6. The number of nitrogens with zero attached hydrogens (tertiary/aromatic N) is 4. The molecule has 1 aliphatic heterocycles. The maximum atomic E-state index is 12.8. The van der Waals surface area contributed by atoms with Crippen molar-refractivity contribution in [3.8, 4) is 0 Å². The Balaban J connectivity index is 1.66. The van der Waals surface area contributed by atoms with Crippen molar-refractivity contribution in [3.05, 3.63) is 34.6 Å². The molecule has 0 atom stereocenters. The van der Waals surface area contributed by atoms with E-state index in [0.29, 0.717) is 55.4 Å². The smallest absolute Gasteiger partial charge is 0.409 e. The van der Waals surface area contributed by atoms with Crippen molar-refractivity contribution in [3.63, 3.8) is 0 Å². The van der Waals surface area contributed by atoms with E-state index in [4.69, 9.17) is 4.74 Å². The van der Waals surface area contributed by atoms with Gasteiger partial charge in [-0.15, -0.1) is 0 Å². The molecule has 0 radical (unpaired) electrons. The van der Waals surface area contributed by atoms with Gasteiger partial charge in [-0.2, -0.15) is 0 Å². The highest BCUT2D eigenvalue weighted by Gasteiger charge is 2.25. The summed E-state index contributed by atoms with van der Waals surface area (Å²) in [7, 11) is 0. The van der Waals surface area contributed by atoms with Crippen LogP contribution in [0.3, 0.4) is 0 Å². The van der Waals surface area contributed by atoms with Gasteiger partial charge in [0.25, 0.3) is 5.56 Å². The quantitative estimate of drug-likeness (QED) is 0.528. The van der Waals surface area contributed by atoms with Crippen LogP contribution in [0, 0.1) is 0 Å². The van der Waals surface area contributed by atoms with Gasteiger partial charge in [0, 0.05) is 32.7 Å². The number of fused-ring (bicyclic) bond motifs is 1. The van der Waals surface area contributed by atoms with E-state index in [1.165, 1.54) is 11.8 Å². The van der Waals surface area contributed by atoms with Gasteiger partial charge < -0.3 is 14.5 Å². The van der Waals surface area contributed by atoms with Gasteiger partial charge in [-0.05, 0) is 25.5 Å². The van der Waals surface area contributed by atoms with Crippen LogP contribution >= 0.6 is 11.8 Å². The van der Waals surface area contributed by atoms with Crippen molar-refractivity contribution in [2.45, 2.75) is 32.0 Å². The summed E-state index contributed by atoms with van der Waals surface area (Å²) in [4.78, 5) is 45.2. The summed E-state index contributed by atoms with van der Waals surface area (Å²) >= 11 is 1.29. The van der Waals surface area contributed by atoms with Crippen molar-refractivity contribution in [1.82, 2.24) is 19.4 Å². The van der Waals surface area contributed by atoms with Crippen molar-refractivity contribution < 1.29 is 14.3 Å². The first-order valence-electron chi connectivity index (χ1n) is 9.87. The summed E-state index contributed by atoms with van der Waals surface area (Å²) in [5.74, 6) is 0.178. The molecule has 1 aromatic carbocycles. The minimum Gasteiger partial charge on any atom is -0.450 e. The van der Waals surface area contributed by atoms with Gasteiger partial charge in [0.2, 0.25) is 5.91 Å². The van der Waals surface area contributed by atoms with Crippen LogP contribution in [0.25, 0.3) is 10.9 Å². The van der Waals surface area contributed by atoms with E-state index in [-0.39, 0.29) is 23.3 Å². The molecular weight excluding hydrogens is 392 g/mol. The molecule has 0 N–H and O–H groups in total. The lowest BCUT2D eigenvalue weighted by molar-refractivity contribution is -0.129. The van der Waals surface area contributed by atoms with Gasteiger partial charge in [0.15, 0.2) is 5.16 Å². The molecule has 9 heteroatoms. The second-order valence-electron chi connectivity index (χ2n) is 6.72. The highest BCUT2D eigenvalue weighted by Crippen LogP contribution is 2.19. The van der Waals surface area contributed by atoms with Gasteiger partial charge in [0.05, 0.1) is 23.3 Å². The first kappa shape index (κ1) is 21.2. The standard InChI is InChI=1S/C20H26N4O4S/c1-3-9-24-18(26)15-7-5-6-8-16(15)21-19(24)29-14-17(25)22-10-12-23(13-11-22)20(27)28-4-2/h5-8H,3-4,9-14H2,1-2H3. The molecule has 156 valence electrons. The fourth-order valence-corrected chi connectivity index (χ4v) is 4.18. The molecule has 2 heterocycles. The molecule has 1 aliphatic rings. The fourth-order valence-electron chi connectivity index (χ4n) is 3.25. The average molecular weight is 419 g/mol. The number of ether oxygens (including phenoxy) is 1. The van der Waals surface area contributed by atoms with Crippen LogP contribution in [0.1, 0.15) is 20.3 Å². The number of amides is 2. The lowest BCUT2D eigenvalue weighted by Gasteiger charge is -2.34. The molecular formula is C20H26N4O4S. The maximum Gasteiger partial charge on any atom is 0.409 e. The third-order valence-corrected chi connectivity index (χ3v) is 5.72. The van der Waals surface area contributed by atoms with Crippen molar-refractivity contribution in [2.24, 2.45) is 0 Å². The van der Waals surface area contributed by atoms with Crippen LogP contribution in [0.5, 0.6) is 0 Å². The Morgan fingerprint density at radius 1 is 1.10 bits per heavy atom. The Morgan fingerprint density at radius 3 is 2.48 bits per heavy atom. The lowest BCUT2D eigenvalue weighted by Crippen LogP contribution is -2.51. The number of benzene rings is 1. The SMILES string of the molecule is CCCn1c(SCC(=O)N2CCN(C(=O)OCC)CC2)nc2ccccc2c1=O. The van der Waals surface area contributed by atoms with Crippen molar-refractivity contribution in [2.75, 3.05) is 38.5 Å². The molecule has 0 saturated carbocycles. The topological polar surface area (TPSA) is 84.7 Å². The molecule has 0 bridgehead atoms. The monoisotopic (exact) mass is 418 g/mol. The lowest BCUT2D eigenvalue weighted by atomic mass is 10.2. The van der Waals surface area contributed by atoms with Crippen LogP contribution in [0.2, 0.25) is 0 Å². The van der Waals surface area contributed by atoms with Crippen LogP contribution in [0.15, 0.2) is 34.2 Å². The normalized spacial score (nSPS) is 14.3. The highest BCUT2D eigenvalue weighted by molar-refractivity contribution is 7.99. The fraction of sp³-hybridized carbons (Fsp3) is 0.500. The Kier molecular flexibility index (Phi) is 7.13. The number of piperazine rings is 1. The summed E-state index contributed by atoms with van der Waals surface area (Å²) < 4.78 is 6.66. The van der Waals surface area contributed by atoms with Crippen LogP contribution in [-0.2, 0) is 16.1 Å². The number of hydrogen-bond acceptors (Lipinski definition) is 6. The molecule has 2 aromatic rings. The number of aromatic nitrogens is 2.